The minimum absolute atomic E-state index is 0.177. The molecule has 0 saturated carbocycles. The van der Waals surface area contributed by atoms with Crippen LogP contribution in [0.5, 0.6) is 0 Å². The van der Waals surface area contributed by atoms with Gasteiger partial charge in [0.05, 0.1) is 11.7 Å². The fourth-order valence-electron chi connectivity index (χ4n) is 2.76. The van der Waals surface area contributed by atoms with E-state index in [-0.39, 0.29) is 17.9 Å². The Morgan fingerprint density at radius 2 is 1.69 bits per heavy atom. The molecule has 0 aliphatic heterocycles. The highest BCUT2D eigenvalue weighted by atomic mass is 35.5. The van der Waals surface area contributed by atoms with Gasteiger partial charge in [0, 0.05) is 24.5 Å². The molecule has 134 valence electrons. The topological polar surface area (TPSA) is 59.8 Å². The van der Waals surface area contributed by atoms with Crippen molar-refractivity contribution in [2.24, 2.45) is 7.05 Å². The predicted molar refractivity (Wildman–Crippen MR) is 102 cm³/mol. The summed E-state index contributed by atoms with van der Waals surface area (Å²) in [5, 5.41) is 8.19. The van der Waals surface area contributed by atoms with Crippen LogP contribution in [0.4, 0.5) is 0 Å². The third kappa shape index (κ3) is 3.94. The highest BCUT2D eigenvalue weighted by molar-refractivity contribution is 6.30. The third-order valence-electron chi connectivity index (χ3n) is 4.24. The van der Waals surface area contributed by atoms with E-state index in [4.69, 9.17) is 11.6 Å². The Morgan fingerprint density at radius 1 is 1.08 bits per heavy atom. The lowest BCUT2D eigenvalue weighted by Gasteiger charge is -2.20. The molecule has 2 aromatic heterocycles. The second-order valence-corrected chi connectivity index (χ2v) is 6.91. The van der Waals surface area contributed by atoms with Crippen LogP contribution >= 0.6 is 11.6 Å². The van der Waals surface area contributed by atoms with E-state index in [1.54, 1.807) is 24.1 Å². The number of pyridine rings is 1. The molecule has 0 saturated heterocycles. The maximum Gasteiger partial charge on any atom is 0.270 e. The van der Waals surface area contributed by atoms with Crippen LogP contribution in [0.3, 0.4) is 0 Å². The van der Waals surface area contributed by atoms with Crippen molar-refractivity contribution in [3.63, 3.8) is 0 Å². The number of halogens is 1. The van der Waals surface area contributed by atoms with E-state index in [1.807, 2.05) is 42.5 Å². The number of rotatable bonds is 5. The standard InChI is InChI=1S/C20H21ClN4O/c1-13(2)17-12-18(25(3)24-17)20(26)23-19(15-8-10-22-11-9-15)14-4-6-16(21)7-5-14/h4-13,19H,1-3H3,(H,23,26)/t19-/m0/s1. The lowest BCUT2D eigenvalue weighted by Crippen LogP contribution is -2.30. The number of aryl methyl sites for hydroxylation is 1. The van der Waals surface area contributed by atoms with Gasteiger partial charge in [-0.1, -0.05) is 37.6 Å². The van der Waals surface area contributed by atoms with Crippen LogP contribution in [0.15, 0.2) is 54.9 Å². The van der Waals surface area contributed by atoms with E-state index in [2.05, 4.69) is 29.2 Å². The van der Waals surface area contributed by atoms with Crippen LogP contribution in [0.25, 0.3) is 0 Å². The molecule has 0 bridgehead atoms. The summed E-state index contributed by atoms with van der Waals surface area (Å²) in [5.41, 5.74) is 3.31. The first-order chi connectivity index (χ1) is 12.5. The smallest absolute Gasteiger partial charge is 0.270 e. The van der Waals surface area contributed by atoms with Gasteiger partial charge in [0.25, 0.3) is 5.91 Å². The first-order valence-electron chi connectivity index (χ1n) is 8.46. The van der Waals surface area contributed by atoms with Crippen LogP contribution < -0.4 is 5.32 Å². The lowest BCUT2D eigenvalue weighted by atomic mass is 9.99. The number of aromatic nitrogens is 3. The zero-order valence-corrected chi connectivity index (χ0v) is 15.7. The molecule has 0 radical (unpaired) electrons. The Labute approximate surface area is 158 Å². The van der Waals surface area contributed by atoms with Gasteiger partial charge in [-0.05, 0) is 47.4 Å². The molecule has 3 aromatic rings. The molecule has 0 aliphatic carbocycles. The third-order valence-corrected chi connectivity index (χ3v) is 4.49. The van der Waals surface area contributed by atoms with Crippen LogP contribution in [0.2, 0.25) is 5.02 Å². The molecule has 0 fully saturated rings. The number of hydrogen-bond donors (Lipinski definition) is 1. The summed E-state index contributed by atoms with van der Waals surface area (Å²) in [5.74, 6) is 0.0821. The summed E-state index contributed by atoms with van der Waals surface area (Å²) in [6.07, 6.45) is 3.43. The number of nitrogens with zero attached hydrogens (tertiary/aromatic N) is 3. The first kappa shape index (κ1) is 18.1. The van der Waals surface area contributed by atoms with Gasteiger partial charge < -0.3 is 5.32 Å². The Hall–Kier alpha value is -2.66. The number of hydrogen-bond acceptors (Lipinski definition) is 3. The number of carbonyl (C=O) groups is 1. The van der Waals surface area contributed by atoms with Crippen molar-refractivity contribution >= 4 is 17.5 Å². The lowest BCUT2D eigenvalue weighted by molar-refractivity contribution is 0.0933. The maximum absolute atomic E-state index is 12.9. The number of benzene rings is 1. The second-order valence-electron chi connectivity index (χ2n) is 6.47. The molecule has 3 rings (SSSR count). The molecule has 1 amide bonds. The molecule has 6 heteroatoms. The maximum atomic E-state index is 12.9. The van der Waals surface area contributed by atoms with Crippen LogP contribution in [-0.2, 0) is 7.05 Å². The molecule has 26 heavy (non-hydrogen) atoms. The quantitative estimate of drug-likeness (QED) is 0.737. The van der Waals surface area contributed by atoms with Crippen molar-refractivity contribution < 1.29 is 4.79 Å². The van der Waals surface area contributed by atoms with Crippen molar-refractivity contribution in [3.8, 4) is 0 Å². The van der Waals surface area contributed by atoms with Gasteiger partial charge in [-0.25, -0.2) is 0 Å². The highest BCUT2D eigenvalue weighted by Crippen LogP contribution is 2.24. The molecular weight excluding hydrogens is 348 g/mol. The summed E-state index contributed by atoms with van der Waals surface area (Å²) in [6.45, 7) is 4.11. The summed E-state index contributed by atoms with van der Waals surface area (Å²) in [6, 6.07) is 12.8. The van der Waals surface area contributed by atoms with Crippen LogP contribution in [0, 0.1) is 0 Å². The van der Waals surface area contributed by atoms with Crippen molar-refractivity contribution in [3.05, 3.63) is 82.4 Å². The van der Waals surface area contributed by atoms with E-state index < -0.39 is 0 Å². The average Bonchev–Trinajstić information content (AvgIpc) is 3.03. The van der Waals surface area contributed by atoms with Gasteiger partial charge in [0.1, 0.15) is 5.69 Å². The van der Waals surface area contributed by atoms with Crippen LogP contribution in [0.1, 0.15) is 53.1 Å². The van der Waals surface area contributed by atoms with Gasteiger partial charge in [0.15, 0.2) is 0 Å². The molecule has 0 aliphatic rings. The summed E-state index contributed by atoms with van der Waals surface area (Å²) in [7, 11) is 1.78. The largest absolute Gasteiger partial charge is 0.340 e. The summed E-state index contributed by atoms with van der Waals surface area (Å²) in [4.78, 5) is 17.0. The SMILES string of the molecule is CC(C)c1cc(C(=O)N[C@H](c2ccncc2)c2ccc(Cl)cc2)n(C)n1. The minimum atomic E-state index is -0.305. The van der Waals surface area contributed by atoms with Crippen molar-refractivity contribution in [2.75, 3.05) is 0 Å². The van der Waals surface area contributed by atoms with Crippen molar-refractivity contribution in [1.29, 1.82) is 0 Å². The Balaban J connectivity index is 1.93. The predicted octanol–water partition coefficient (Wildman–Crippen LogP) is 4.11. The Bertz CT molecular complexity index is 888. The summed E-state index contributed by atoms with van der Waals surface area (Å²) >= 11 is 6.01. The number of amides is 1. The van der Waals surface area contributed by atoms with Gasteiger partial charge in [-0.2, -0.15) is 5.10 Å². The summed E-state index contributed by atoms with van der Waals surface area (Å²) < 4.78 is 1.62. The molecule has 0 unspecified atom stereocenters. The zero-order valence-electron chi connectivity index (χ0n) is 15.0. The molecule has 1 aromatic carbocycles. The fourth-order valence-corrected chi connectivity index (χ4v) is 2.89. The van der Waals surface area contributed by atoms with E-state index in [1.165, 1.54) is 0 Å². The van der Waals surface area contributed by atoms with E-state index >= 15 is 0 Å². The molecule has 0 spiro atoms. The fraction of sp³-hybridized carbons (Fsp3) is 0.250. The molecule has 5 nitrogen and oxygen atoms in total. The average molecular weight is 369 g/mol. The molecule has 1 N–H and O–H groups in total. The van der Waals surface area contributed by atoms with Gasteiger partial charge in [-0.15, -0.1) is 0 Å². The minimum Gasteiger partial charge on any atom is -0.340 e. The first-order valence-corrected chi connectivity index (χ1v) is 8.83. The van der Waals surface area contributed by atoms with E-state index in [0.717, 1.165) is 16.8 Å². The highest BCUT2D eigenvalue weighted by Gasteiger charge is 2.21. The van der Waals surface area contributed by atoms with Crippen LogP contribution in [-0.4, -0.2) is 20.7 Å². The van der Waals surface area contributed by atoms with Gasteiger partial charge in [0.2, 0.25) is 0 Å². The number of carbonyl (C=O) groups excluding carboxylic acids is 1. The molecule has 2 heterocycles. The van der Waals surface area contributed by atoms with E-state index in [0.29, 0.717) is 10.7 Å². The Morgan fingerprint density at radius 3 is 2.27 bits per heavy atom. The van der Waals surface area contributed by atoms with Crippen molar-refractivity contribution in [1.82, 2.24) is 20.1 Å². The van der Waals surface area contributed by atoms with Crippen molar-refractivity contribution in [2.45, 2.75) is 25.8 Å². The Kier molecular flexibility index (Phi) is 5.38. The monoisotopic (exact) mass is 368 g/mol. The molecular formula is C20H21ClN4O. The number of nitrogens with one attached hydrogen (secondary N) is 1. The van der Waals surface area contributed by atoms with Gasteiger partial charge in [-0.3, -0.25) is 14.5 Å². The normalized spacial score (nSPS) is 12.2. The van der Waals surface area contributed by atoms with Gasteiger partial charge >= 0.3 is 0 Å². The second kappa shape index (κ2) is 7.70. The zero-order chi connectivity index (χ0) is 18.7. The molecule has 1 atom stereocenters. The van der Waals surface area contributed by atoms with E-state index in [9.17, 15) is 4.79 Å².